The first kappa shape index (κ1) is 24.7. The molecular weight excluding hydrogens is 471 g/mol. The van der Waals surface area contributed by atoms with E-state index in [0.29, 0.717) is 36.8 Å². The lowest BCUT2D eigenvalue weighted by Gasteiger charge is -2.34. The molecule has 5 rings (SSSR count). The molecule has 2 heterocycles. The Morgan fingerprint density at radius 1 is 0.946 bits per heavy atom. The van der Waals surface area contributed by atoms with Gasteiger partial charge in [0.1, 0.15) is 18.2 Å². The number of ether oxygens (including phenoxy) is 3. The Morgan fingerprint density at radius 2 is 1.76 bits per heavy atom. The first-order chi connectivity index (χ1) is 18.1. The van der Waals surface area contributed by atoms with Gasteiger partial charge < -0.3 is 24.4 Å². The minimum Gasteiger partial charge on any atom is -0.493 e. The zero-order chi connectivity index (χ0) is 25.8. The van der Waals surface area contributed by atoms with Gasteiger partial charge in [-0.15, -0.1) is 0 Å². The summed E-state index contributed by atoms with van der Waals surface area (Å²) in [5.74, 6) is 1.48. The van der Waals surface area contributed by atoms with Crippen LogP contribution in [-0.2, 0) is 13.2 Å². The van der Waals surface area contributed by atoms with Crippen molar-refractivity contribution in [2.24, 2.45) is 0 Å². The summed E-state index contributed by atoms with van der Waals surface area (Å²) in [4.78, 5) is 15.1. The van der Waals surface area contributed by atoms with Gasteiger partial charge >= 0.3 is 6.03 Å². The van der Waals surface area contributed by atoms with Crippen LogP contribution in [0.2, 0.25) is 0 Å². The molecule has 3 aromatic rings. The number of methoxy groups -OCH3 is 2. The third kappa shape index (κ3) is 5.40. The van der Waals surface area contributed by atoms with Gasteiger partial charge in [0, 0.05) is 24.2 Å². The third-order valence-corrected chi connectivity index (χ3v) is 7.05. The number of hydrogen-bond donors (Lipinski definition) is 1. The molecular formula is C30H31FN2O4. The van der Waals surface area contributed by atoms with Crippen LogP contribution in [0.3, 0.4) is 0 Å². The van der Waals surface area contributed by atoms with Gasteiger partial charge in [-0.2, -0.15) is 0 Å². The Balaban J connectivity index is 1.28. The quantitative estimate of drug-likeness (QED) is 0.413. The van der Waals surface area contributed by atoms with E-state index in [2.05, 4.69) is 11.4 Å². The van der Waals surface area contributed by atoms with Gasteiger partial charge in [-0.3, -0.25) is 0 Å². The minimum atomic E-state index is -0.331. The maximum Gasteiger partial charge on any atom is 0.318 e. The highest BCUT2D eigenvalue weighted by Gasteiger charge is 2.40. The number of hydrogen-bond acceptors (Lipinski definition) is 4. The van der Waals surface area contributed by atoms with Crippen LogP contribution >= 0.6 is 0 Å². The topological polar surface area (TPSA) is 60.0 Å². The fraction of sp³-hybridized carbons (Fsp3) is 0.300. The van der Waals surface area contributed by atoms with Gasteiger partial charge in [-0.25, -0.2) is 9.18 Å². The van der Waals surface area contributed by atoms with Crippen molar-refractivity contribution >= 4 is 11.6 Å². The van der Waals surface area contributed by atoms with Crippen LogP contribution < -0.4 is 19.5 Å². The highest BCUT2D eigenvalue weighted by atomic mass is 19.1. The fourth-order valence-corrected chi connectivity index (χ4v) is 5.22. The van der Waals surface area contributed by atoms with E-state index in [1.54, 1.807) is 20.3 Å². The largest absolute Gasteiger partial charge is 0.493 e. The van der Waals surface area contributed by atoms with Gasteiger partial charge in [0.25, 0.3) is 0 Å². The molecule has 0 aliphatic carbocycles. The van der Waals surface area contributed by atoms with Crippen LogP contribution in [0.5, 0.6) is 17.2 Å². The first-order valence-corrected chi connectivity index (χ1v) is 12.5. The molecule has 2 bridgehead atoms. The second kappa shape index (κ2) is 10.9. The molecule has 2 atom stereocenters. The Labute approximate surface area is 216 Å². The number of halogens is 1. The van der Waals surface area contributed by atoms with E-state index in [4.69, 9.17) is 14.2 Å². The predicted octanol–water partition coefficient (Wildman–Crippen LogP) is 5.95. The third-order valence-electron chi connectivity index (χ3n) is 7.05. The van der Waals surface area contributed by atoms with E-state index in [1.165, 1.54) is 12.1 Å². The zero-order valence-corrected chi connectivity index (χ0v) is 21.1. The van der Waals surface area contributed by atoms with E-state index in [0.717, 1.165) is 35.1 Å². The minimum absolute atomic E-state index is 0.00817. The average Bonchev–Trinajstić information content (AvgIpc) is 3.20. The number of urea groups is 1. The number of carbonyl (C=O) groups is 1. The SMILES string of the molecule is COc1ccc(CNC(=O)N2[C@H]3CC[C@@H]2C=C(c2ccc(F)cc2OCc2ccccc2)C3)cc1OC. The summed E-state index contributed by atoms with van der Waals surface area (Å²) in [7, 11) is 3.19. The number of rotatable bonds is 8. The molecule has 0 radical (unpaired) electrons. The predicted molar refractivity (Wildman–Crippen MR) is 140 cm³/mol. The van der Waals surface area contributed by atoms with E-state index in [-0.39, 0.29) is 23.9 Å². The number of benzene rings is 3. The van der Waals surface area contributed by atoms with Crippen molar-refractivity contribution in [1.29, 1.82) is 0 Å². The first-order valence-electron chi connectivity index (χ1n) is 12.5. The molecule has 0 spiro atoms. The summed E-state index contributed by atoms with van der Waals surface area (Å²) >= 11 is 0. The number of nitrogens with one attached hydrogen (secondary N) is 1. The summed E-state index contributed by atoms with van der Waals surface area (Å²) in [5, 5.41) is 3.06. The van der Waals surface area contributed by atoms with Crippen LogP contribution in [0.25, 0.3) is 5.57 Å². The van der Waals surface area contributed by atoms with Crippen molar-refractivity contribution in [3.05, 3.63) is 95.3 Å². The van der Waals surface area contributed by atoms with Gasteiger partial charge in [0.15, 0.2) is 11.5 Å². The van der Waals surface area contributed by atoms with E-state index < -0.39 is 0 Å². The number of nitrogens with zero attached hydrogens (tertiary/aromatic N) is 1. The molecule has 2 aliphatic heterocycles. The van der Waals surface area contributed by atoms with Crippen molar-refractivity contribution in [1.82, 2.24) is 10.2 Å². The Hall–Kier alpha value is -4.00. The molecule has 1 saturated heterocycles. The maximum absolute atomic E-state index is 14.1. The molecule has 3 aromatic carbocycles. The molecule has 0 aromatic heterocycles. The number of amides is 2. The summed E-state index contributed by atoms with van der Waals surface area (Å²) in [6.07, 6.45) is 4.67. The highest BCUT2D eigenvalue weighted by molar-refractivity contribution is 5.80. The van der Waals surface area contributed by atoms with Crippen LogP contribution in [0.15, 0.2) is 72.8 Å². The van der Waals surface area contributed by atoms with Gasteiger partial charge in [0.2, 0.25) is 0 Å². The number of fused-ring (bicyclic) bond motifs is 2. The van der Waals surface area contributed by atoms with E-state index in [9.17, 15) is 9.18 Å². The van der Waals surface area contributed by atoms with Crippen LogP contribution in [-0.4, -0.2) is 37.2 Å². The smallest absolute Gasteiger partial charge is 0.318 e. The van der Waals surface area contributed by atoms with Crippen LogP contribution in [0.4, 0.5) is 9.18 Å². The lowest BCUT2D eigenvalue weighted by Crippen LogP contribution is -2.48. The molecule has 1 fully saturated rings. The second-order valence-electron chi connectivity index (χ2n) is 9.36. The Morgan fingerprint density at radius 3 is 2.51 bits per heavy atom. The fourth-order valence-electron chi connectivity index (χ4n) is 5.22. The molecule has 0 unspecified atom stereocenters. The normalized spacial score (nSPS) is 18.2. The Kier molecular flexibility index (Phi) is 7.30. The van der Waals surface area contributed by atoms with Crippen molar-refractivity contribution < 1.29 is 23.4 Å². The van der Waals surface area contributed by atoms with Crippen molar-refractivity contribution in [3.63, 3.8) is 0 Å². The molecule has 0 saturated carbocycles. The van der Waals surface area contributed by atoms with Gasteiger partial charge in [-0.05, 0) is 60.2 Å². The van der Waals surface area contributed by atoms with Crippen LogP contribution in [0, 0.1) is 5.82 Å². The molecule has 192 valence electrons. The molecule has 37 heavy (non-hydrogen) atoms. The summed E-state index contributed by atoms with van der Waals surface area (Å²) < 4.78 is 30.8. The lowest BCUT2D eigenvalue weighted by molar-refractivity contribution is 0.179. The molecule has 2 amide bonds. The standard InChI is InChI=1S/C30H31FN2O4/c1-35-27-13-8-21(14-29(27)36-2)18-32-30(34)33-24-10-11-25(33)16-22(15-24)26-12-9-23(31)17-28(26)37-19-20-6-4-3-5-7-20/h3-9,12-15,17,24-25H,10-11,16,18-19H2,1-2H3,(H,32,34)/t24-,25+/m1/s1. The summed E-state index contributed by atoms with van der Waals surface area (Å²) in [5.41, 5.74) is 3.94. The zero-order valence-electron chi connectivity index (χ0n) is 21.1. The highest BCUT2D eigenvalue weighted by Crippen LogP contribution is 2.41. The van der Waals surface area contributed by atoms with Crippen molar-refractivity contribution in [2.45, 2.75) is 44.5 Å². The van der Waals surface area contributed by atoms with Crippen LogP contribution in [0.1, 0.15) is 36.0 Å². The molecule has 1 N–H and O–H groups in total. The van der Waals surface area contributed by atoms with E-state index >= 15 is 0 Å². The molecule has 6 nitrogen and oxygen atoms in total. The monoisotopic (exact) mass is 502 g/mol. The summed E-state index contributed by atoms with van der Waals surface area (Å²) in [6, 6.07) is 20.1. The van der Waals surface area contributed by atoms with Gasteiger partial charge in [-0.1, -0.05) is 42.5 Å². The molecule has 2 aliphatic rings. The molecule has 7 heteroatoms. The van der Waals surface area contributed by atoms with E-state index in [1.807, 2.05) is 53.4 Å². The summed E-state index contributed by atoms with van der Waals surface area (Å²) in [6.45, 7) is 0.753. The Bertz CT molecular complexity index is 1290. The second-order valence-corrected chi connectivity index (χ2v) is 9.36. The lowest BCUT2D eigenvalue weighted by atomic mass is 9.94. The van der Waals surface area contributed by atoms with Crippen molar-refractivity contribution in [3.8, 4) is 17.2 Å². The maximum atomic E-state index is 14.1. The van der Waals surface area contributed by atoms with Gasteiger partial charge in [0.05, 0.1) is 20.3 Å². The number of carbonyl (C=O) groups excluding carboxylic acids is 1. The average molecular weight is 503 g/mol. The van der Waals surface area contributed by atoms with Crippen molar-refractivity contribution in [2.75, 3.05) is 14.2 Å².